The third kappa shape index (κ3) is 6.19. The lowest BCUT2D eigenvalue weighted by atomic mass is 9.86. The molecule has 0 aromatic heterocycles. The molecule has 0 bridgehead atoms. The number of hydrogen-bond donors (Lipinski definition) is 0. The zero-order chi connectivity index (χ0) is 11.6. The van der Waals surface area contributed by atoms with Gasteiger partial charge >= 0.3 is 0 Å². The third-order valence-electron chi connectivity index (χ3n) is 3.39. The number of methoxy groups -OCH3 is 1. The van der Waals surface area contributed by atoms with Gasteiger partial charge < -0.3 is 4.74 Å². The molecule has 92 valence electrons. The normalized spacial score (nSPS) is 12.0. The first-order chi connectivity index (χ1) is 7.24. The lowest BCUT2D eigenvalue weighted by molar-refractivity contribution is -0.0357. The van der Waals surface area contributed by atoms with Crippen LogP contribution in [-0.4, -0.2) is 12.7 Å². The predicted molar refractivity (Wildman–Crippen MR) is 68.3 cm³/mol. The summed E-state index contributed by atoms with van der Waals surface area (Å²) in [6, 6.07) is 0. The maximum absolute atomic E-state index is 5.84. The van der Waals surface area contributed by atoms with Crippen molar-refractivity contribution in [2.45, 2.75) is 84.2 Å². The molecule has 0 aliphatic rings. The van der Waals surface area contributed by atoms with Gasteiger partial charge in [-0.2, -0.15) is 0 Å². The zero-order valence-electron chi connectivity index (χ0n) is 11.3. The van der Waals surface area contributed by atoms with Crippen LogP contribution >= 0.6 is 0 Å². The van der Waals surface area contributed by atoms with E-state index in [-0.39, 0.29) is 5.60 Å². The van der Waals surface area contributed by atoms with Gasteiger partial charge in [-0.1, -0.05) is 59.3 Å². The zero-order valence-corrected chi connectivity index (χ0v) is 11.3. The Labute approximate surface area is 96.6 Å². The molecule has 0 spiro atoms. The first kappa shape index (κ1) is 15.0. The van der Waals surface area contributed by atoms with Crippen LogP contribution < -0.4 is 0 Å². The van der Waals surface area contributed by atoms with Crippen molar-refractivity contribution in [3.63, 3.8) is 0 Å². The molecule has 0 aliphatic heterocycles. The molecular weight excluding hydrogens is 184 g/mol. The van der Waals surface area contributed by atoms with Crippen LogP contribution in [0.15, 0.2) is 0 Å². The van der Waals surface area contributed by atoms with E-state index in [9.17, 15) is 0 Å². The van der Waals surface area contributed by atoms with Gasteiger partial charge in [0.05, 0.1) is 5.60 Å². The Morgan fingerprint density at radius 1 is 0.733 bits per heavy atom. The highest BCUT2D eigenvalue weighted by Gasteiger charge is 2.27. The molecule has 0 aromatic rings. The quantitative estimate of drug-likeness (QED) is 0.500. The van der Waals surface area contributed by atoms with Gasteiger partial charge in [0.15, 0.2) is 0 Å². The maximum atomic E-state index is 5.84. The van der Waals surface area contributed by atoms with Gasteiger partial charge in [0.2, 0.25) is 0 Å². The van der Waals surface area contributed by atoms with E-state index in [0.29, 0.717) is 0 Å². The van der Waals surface area contributed by atoms with Gasteiger partial charge in [0.25, 0.3) is 0 Å². The fourth-order valence-corrected chi connectivity index (χ4v) is 2.18. The average molecular weight is 214 g/mol. The summed E-state index contributed by atoms with van der Waals surface area (Å²) in [7, 11) is 1.90. The van der Waals surface area contributed by atoms with Crippen LogP contribution in [0.5, 0.6) is 0 Å². The van der Waals surface area contributed by atoms with Crippen LogP contribution in [0.3, 0.4) is 0 Å². The highest BCUT2D eigenvalue weighted by atomic mass is 16.5. The molecule has 0 rings (SSSR count). The van der Waals surface area contributed by atoms with Crippen molar-refractivity contribution in [2.75, 3.05) is 7.11 Å². The van der Waals surface area contributed by atoms with E-state index >= 15 is 0 Å². The van der Waals surface area contributed by atoms with Crippen molar-refractivity contribution >= 4 is 0 Å². The lowest BCUT2D eigenvalue weighted by Gasteiger charge is -2.33. The fraction of sp³-hybridized carbons (Fsp3) is 1.00. The number of hydrogen-bond acceptors (Lipinski definition) is 1. The van der Waals surface area contributed by atoms with Gasteiger partial charge in [-0.25, -0.2) is 0 Å². The summed E-state index contributed by atoms with van der Waals surface area (Å²) < 4.78 is 5.84. The van der Waals surface area contributed by atoms with Crippen LogP contribution in [0.1, 0.15) is 78.6 Å². The maximum Gasteiger partial charge on any atom is 0.0678 e. The van der Waals surface area contributed by atoms with Crippen LogP contribution in [0.2, 0.25) is 0 Å². The van der Waals surface area contributed by atoms with Crippen molar-refractivity contribution in [1.29, 1.82) is 0 Å². The molecule has 0 aliphatic carbocycles. The molecule has 0 saturated heterocycles. The standard InChI is InChI=1S/C14H30O/c1-5-8-11-14(15-4,12-9-6-2)13-10-7-3/h5-13H2,1-4H3. The van der Waals surface area contributed by atoms with E-state index in [2.05, 4.69) is 20.8 Å². The molecule has 15 heavy (non-hydrogen) atoms. The summed E-state index contributed by atoms with van der Waals surface area (Å²) >= 11 is 0. The second-order valence-corrected chi connectivity index (χ2v) is 4.70. The first-order valence-electron chi connectivity index (χ1n) is 6.79. The fourth-order valence-electron chi connectivity index (χ4n) is 2.18. The van der Waals surface area contributed by atoms with Gasteiger partial charge in [-0.05, 0) is 19.3 Å². The van der Waals surface area contributed by atoms with E-state index in [1.165, 1.54) is 57.8 Å². The average Bonchev–Trinajstić information content (AvgIpc) is 2.29. The summed E-state index contributed by atoms with van der Waals surface area (Å²) in [5.41, 5.74) is 0.196. The van der Waals surface area contributed by atoms with Crippen LogP contribution in [0.4, 0.5) is 0 Å². The van der Waals surface area contributed by atoms with Crippen molar-refractivity contribution in [2.24, 2.45) is 0 Å². The topological polar surface area (TPSA) is 9.23 Å². The van der Waals surface area contributed by atoms with Crippen LogP contribution in [0, 0.1) is 0 Å². The van der Waals surface area contributed by atoms with Gasteiger partial charge in [0.1, 0.15) is 0 Å². The van der Waals surface area contributed by atoms with Gasteiger partial charge in [-0.3, -0.25) is 0 Å². The van der Waals surface area contributed by atoms with E-state index in [1.54, 1.807) is 0 Å². The summed E-state index contributed by atoms with van der Waals surface area (Å²) in [6.45, 7) is 6.79. The Balaban J connectivity index is 4.16. The second kappa shape index (κ2) is 9.21. The monoisotopic (exact) mass is 214 g/mol. The molecule has 0 unspecified atom stereocenters. The molecule has 0 fully saturated rings. The van der Waals surface area contributed by atoms with Crippen molar-refractivity contribution < 1.29 is 4.74 Å². The smallest absolute Gasteiger partial charge is 0.0678 e. The molecule has 0 amide bonds. The summed E-state index contributed by atoms with van der Waals surface area (Å²) in [6.07, 6.45) is 11.5. The van der Waals surface area contributed by atoms with Crippen molar-refractivity contribution in [3.8, 4) is 0 Å². The summed E-state index contributed by atoms with van der Waals surface area (Å²) in [5, 5.41) is 0. The predicted octanol–water partition coefficient (Wildman–Crippen LogP) is 4.94. The Morgan fingerprint density at radius 2 is 1.07 bits per heavy atom. The minimum absolute atomic E-state index is 0.196. The van der Waals surface area contributed by atoms with Crippen molar-refractivity contribution in [1.82, 2.24) is 0 Å². The highest BCUT2D eigenvalue weighted by Crippen LogP contribution is 2.30. The molecular formula is C14H30O. The molecule has 0 aromatic carbocycles. The Morgan fingerprint density at radius 3 is 1.27 bits per heavy atom. The molecule has 0 saturated carbocycles. The SMILES string of the molecule is CCCCC(CCCC)(CCCC)OC. The summed E-state index contributed by atoms with van der Waals surface area (Å²) in [4.78, 5) is 0. The molecule has 1 nitrogen and oxygen atoms in total. The first-order valence-corrected chi connectivity index (χ1v) is 6.79. The number of rotatable bonds is 10. The third-order valence-corrected chi connectivity index (χ3v) is 3.39. The molecule has 1 heteroatoms. The Bertz CT molecular complexity index is 110. The molecule has 0 heterocycles. The summed E-state index contributed by atoms with van der Waals surface area (Å²) in [5.74, 6) is 0. The van der Waals surface area contributed by atoms with E-state index < -0.39 is 0 Å². The van der Waals surface area contributed by atoms with E-state index in [1.807, 2.05) is 7.11 Å². The second-order valence-electron chi connectivity index (χ2n) is 4.70. The van der Waals surface area contributed by atoms with Crippen LogP contribution in [0.25, 0.3) is 0 Å². The van der Waals surface area contributed by atoms with Crippen LogP contribution in [-0.2, 0) is 4.74 Å². The number of unbranched alkanes of at least 4 members (excludes halogenated alkanes) is 3. The highest BCUT2D eigenvalue weighted by molar-refractivity contribution is 4.80. The lowest BCUT2D eigenvalue weighted by Crippen LogP contribution is -2.31. The molecule has 0 atom stereocenters. The van der Waals surface area contributed by atoms with E-state index in [4.69, 9.17) is 4.74 Å². The minimum atomic E-state index is 0.196. The Hall–Kier alpha value is -0.0400. The largest absolute Gasteiger partial charge is 0.378 e. The van der Waals surface area contributed by atoms with Crippen molar-refractivity contribution in [3.05, 3.63) is 0 Å². The van der Waals surface area contributed by atoms with Gasteiger partial charge in [0, 0.05) is 7.11 Å². The minimum Gasteiger partial charge on any atom is -0.378 e. The van der Waals surface area contributed by atoms with E-state index in [0.717, 1.165) is 0 Å². The molecule has 0 radical (unpaired) electrons. The Kier molecular flexibility index (Phi) is 9.18. The van der Waals surface area contributed by atoms with Gasteiger partial charge in [-0.15, -0.1) is 0 Å². The number of ether oxygens (including phenoxy) is 1. The molecule has 0 N–H and O–H groups in total.